The third-order valence-corrected chi connectivity index (χ3v) is 6.44. The molecule has 5 N–H and O–H groups in total. The van der Waals surface area contributed by atoms with Crippen LogP contribution in [0.15, 0.2) is 76.7 Å². The molecule has 0 aromatic heterocycles. The number of benzene rings is 3. The number of anilines is 2. The Bertz CT molecular complexity index is 1390. The van der Waals surface area contributed by atoms with Gasteiger partial charge in [-0.05, 0) is 55.8 Å². The number of nitrogens with zero attached hydrogens (tertiary/aromatic N) is 2. The third kappa shape index (κ3) is 5.53. The highest BCUT2D eigenvalue weighted by atomic mass is 16.1. The fraction of sp³-hybridized carbons (Fsp3) is 0.241. The molecule has 1 amide bonds. The van der Waals surface area contributed by atoms with Crippen molar-refractivity contribution in [2.75, 3.05) is 24.1 Å². The van der Waals surface area contributed by atoms with Crippen LogP contribution in [-0.2, 0) is 6.42 Å². The molecule has 8 heteroatoms. The van der Waals surface area contributed by atoms with Gasteiger partial charge in [-0.1, -0.05) is 30.3 Å². The fourth-order valence-corrected chi connectivity index (χ4v) is 4.38. The first kappa shape index (κ1) is 24.2. The van der Waals surface area contributed by atoms with Gasteiger partial charge < -0.3 is 21.7 Å². The van der Waals surface area contributed by atoms with Crippen LogP contribution in [0.3, 0.4) is 0 Å². The van der Waals surface area contributed by atoms with Crippen LogP contribution in [0.1, 0.15) is 51.3 Å². The second kappa shape index (κ2) is 10.3. The van der Waals surface area contributed by atoms with Gasteiger partial charge in [0, 0.05) is 46.6 Å². The van der Waals surface area contributed by atoms with E-state index in [9.17, 15) is 9.59 Å². The van der Waals surface area contributed by atoms with Crippen molar-refractivity contribution < 1.29 is 9.59 Å². The van der Waals surface area contributed by atoms with E-state index in [2.05, 4.69) is 39.8 Å². The number of ketones is 1. The first-order valence-corrected chi connectivity index (χ1v) is 12.4. The molecule has 2 aliphatic heterocycles. The van der Waals surface area contributed by atoms with Crippen molar-refractivity contribution in [3.05, 3.63) is 94.5 Å². The standard InChI is InChI=1S/C29H30N6O2/c1-17-15-31-27(33-17)20-5-3-19(4-6-20)13-26(36)22-9-12-24(25(30)14-22)29(37)35-23-10-7-21(8-11-23)28-32-16-18(2)34-28/h3-12,14,17-18H,13,15-16,30H2,1-2H3,(H,31,33)(H,32,34)(H,35,37)/t17-,18+/m1/s1. The maximum atomic E-state index is 12.9. The van der Waals surface area contributed by atoms with E-state index in [1.807, 2.05) is 48.5 Å². The summed E-state index contributed by atoms with van der Waals surface area (Å²) in [5.41, 5.74) is 10.7. The highest BCUT2D eigenvalue weighted by Gasteiger charge is 2.17. The maximum Gasteiger partial charge on any atom is 0.257 e. The maximum absolute atomic E-state index is 12.9. The minimum Gasteiger partial charge on any atom is -0.398 e. The van der Waals surface area contributed by atoms with Crippen molar-refractivity contribution in [3.8, 4) is 0 Å². The molecule has 3 aromatic carbocycles. The summed E-state index contributed by atoms with van der Waals surface area (Å²) in [4.78, 5) is 34.7. The Hall–Kier alpha value is -4.46. The van der Waals surface area contributed by atoms with Crippen LogP contribution in [0.4, 0.5) is 11.4 Å². The molecule has 0 spiro atoms. The predicted octanol–water partition coefficient (Wildman–Crippen LogP) is 3.42. The number of rotatable bonds is 7. The Labute approximate surface area is 216 Å². The Kier molecular flexibility index (Phi) is 6.72. The van der Waals surface area contributed by atoms with E-state index in [4.69, 9.17) is 5.73 Å². The van der Waals surface area contributed by atoms with Crippen LogP contribution in [0.2, 0.25) is 0 Å². The molecule has 8 nitrogen and oxygen atoms in total. The van der Waals surface area contributed by atoms with Crippen LogP contribution in [0, 0.1) is 0 Å². The Morgan fingerprint density at radius 3 is 1.95 bits per heavy atom. The first-order chi connectivity index (χ1) is 17.9. The van der Waals surface area contributed by atoms with Crippen LogP contribution in [0.25, 0.3) is 0 Å². The minimum absolute atomic E-state index is 0.0651. The summed E-state index contributed by atoms with van der Waals surface area (Å²) in [7, 11) is 0. The second-order valence-electron chi connectivity index (χ2n) is 9.60. The molecule has 0 bridgehead atoms. The van der Waals surface area contributed by atoms with E-state index in [1.54, 1.807) is 18.2 Å². The lowest BCUT2D eigenvalue weighted by Gasteiger charge is -2.11. The number of hydrogen-bond donors (Lipinski definition) is 4. The molecule has 0 aliphatic carbocycles. The lowest BCUT2D eigenvalue weighted by atomic mass is 9.99. The lowest BCUT2D eigenvalue weighted by Crippen LogP contribution is -2.27. The SMILES string of the molecule is C[C@@H]1CN=C(c2ccc(CC(=O)c3ccc(C(=O)Nc4ccc(C5=NC[C@H](C)N5)cc4)c(N)c3)cc2)N1. The van der Waals surface area contributed by atoms with Gasteiger partial charge in [0.25, 0.3) is 5.91 Å². The number of hydrogen-bond acceptors (Lipinski definition) is 7. The molecule has 37 heavy (non-hydrogen) atoms. The van der Waals surface area contributed by atoms with Crippen molar-refractivity contribution in [3.63, 3.8) is 0 Å². The Morgan fingerprint density at radius 2 is 1.43 bits per heavy atom. The third-order valence-electron chi connectivity index (χ3n) is 6.44. The molecule has 2 heterocycles. The summed E-state index contributed by atoms with van der Waals surface area (Å²) in [6.45, 7) is 5.69. The molecule has 0 unspecified atom stereocenters. The molecule has 3 aromatic rings. The largest absolute Gasteiger partial charge is 0.398 e. The molecule has 0 fully saturated rings. The summed E-state index contributed by atoms with van der Waals surface area (Å²) in [6.07, 6.45) is 0.243. The summed E-state index contributed by atoms with van der Waals surface area (Å²) in [6, 6.07) is 20.8. The summed E-state index contributed by atoms with van der Waals surface area (Å²) >= 11 is 0. The Balaban J connectivity index is 1.20. The average Bonchev–Trinajstić information content (AvgIpc) is 3.53. The van der Waals surface area contributed by atoms with Gasteiger partial charge in [0.1, 0.15) is 11.7 Å². The molecule has 5 rings (SSSR count). The minimum atomic E-state index is -0.331. The highest BCUT2D eigenvalue weighted by molar-refractivity contribution is 6.09. The molecule has 0 saturated heterocycles. The van der Waals surface area contributed by atoms with Gasteiger partial charge in [-0.15, -0.1) is 0 Å². The number of aliphatic imine (C=N–C) groups is 2. The van der Waals surface area contributed by atoms with Crippen molar-refractivity contribution >= 4 is 34.7 Å². The monoisotopic (exact) mass is 494 g/mol. The van der Waals surface area contributed by atoms with Gasteiger partial charge in [-0.2, -0.15) is 0 Å². The zero-order valence-electron chi connectivity index (χ0n) is 20.9. The molecular weight excluding hydrogens is 464 g/mol. The smallest absolute Gasteiger partial charge is 0.257 e. The molecule has 188 valence electrons. The number of nitrogens with one attached hydrogen (secondary N) is 3. The predicted molar refractivity (Wildman–Crippen MR) is 148 cm³/mol. The van der Waals surface area contributed by atoms with Gasteiger partial charge in [-0.3, -0.25) is 19.6 Å². The topological polar surface area (TPSA) is 121 Å². The number of amidine groups is 2. The number of carbonyl (C=O) groups excluding carboxylic acids is 2. The molecular formula is C29H30N6O2. The highest BCUT2D eigenvalue weighted by Crippen LogP contribution is 2.20. The zero-order valence-corrected chi connectivity index (χ0v) is 20.9. The summed E-state index contributed by atoms with van der Waals surface area (Å²) in [5, 5.41) is 9.52. The number of nitrogens with two attached hydrogens (primary N) is 1. The van der Waals surface area contributed by atoms with E-state index in [0.29, 0.717) is 28.9 Å². The van der Waals surface area contributed by atoms with E-state index in [1.165, 1.54) is 0 Å². The van der Waals surface area contributed by atoms with Crippen molar-refractivity contribution in [1.82, 2.24) is 10.6 Å². The van der Waals surface area contributed by atoms with Crippen LogP contribution in [0.5, 0.6) is 0 Å². The lowest BCUT2D eigenvalue weighted by molar-refractivity contribution is 0.0989. The summed E-state index contributed by atoms with van der Waals surface area (Å²) < 4.78 is 0. The van der Waals surface area contributed by atoms with Gasteiger partial charge in [-0.25, -0.2) is 0 Å². The molecule has 0 radical (unpaired) electrons. The van der Waals surface area contributed by atoms with E-state index < -0.39 is 0 Å². The quantitative estimate of drug-likeness (QED) is 0.296. The van der Waals surface area contributed by atoms with Crippen LogP contribution >= 0.6 is 0 Å². The van der Waals surface area contributed by atoms with Gasteiger partial charge >= 0.3 is 0 Å². The number of nitrogen functional groups attached to an aromatic ring is 1. The van der Waals surface area contributed by atoms with Crippen LogP contribution < -0.4 is 21.7 Å². The summed E-state index contributed by atoms with van der Waals surface area (Å²) in [5.74, 6) is 1.35. The normalized spacial score (nSPS) is 18.4. The Morgan fingerprint density at radius 1 is 0.865 bits per heavy atom. The van der Waals surface area contributed by atoms with Crippen molar-refractivity contribution in [1.29, 1.82) is 0 Å². The van der Waals surface area contributed by atoms with Gasteiger partial charge in [0.15, 0.2) is 5.78 Å². The number of Topliss-reactive ketones (excluding diaryl/α,β-unsaturated/α-hetero) is 1. The molecule has 2 aliphatic rings. The second-order valence-corrected chi connectivity index (χ2v) is 9.60. The number of carbonyl (C=O) groups is 2. The van der Waals surface area contributed by atoms with Crippen molar-refractivity contribution in [2.24, 2.45) is 9.98 Å². The molecule has 2 atom stereocenters. The molecule has 0 saturated carbocycles. The van der Waals surface area contributed by atoms with E-state index in [-0.39, 0.29) is 23.8 Å². The average molecular weight is 495 g/mol. The van der Waals surface area contributed by atoms with E-state index >= 15 is 0 Å². The van der Waals surface area contributed by atoms with E-state index in [0.717, 1.165) is 41.5 Å². The van der Waals surface area contributed by atoms with Gasteiger partial charge in [0.05, 0.1) is 18.7 Å². The van der Waals surface area contributed by atoms with Crippen LogP contribution in [-0.4, -0.2) is 48.5 Å². The fourth-order valence-electron chi connectivity index (χ4n) is 4.38. The van der Waals surface area contributed by atoms with Gasteiger partial charge in [0.2, 0.25) is 0 Å². The van der Waals surface area contributed by atoms with Crippen molar-refractivity contribution in [2.45, 2.75) is 32.4 Å². The first-order valence-electron chi connectivity index (χ1n) is 12.4. The number of amides is 1. The zero-order chi connectivity index (χ0) is 25.9.